The van der Waals surface area contributed by atoms with E-state index >= 15 is 0 Å². The van der Waals surface area contributed by atoms with Gasteiger partial charge in [-0.15, -0.1) is 0 Å². The first-order valence-corrected chi connectivity index (χ1v) is 8.68. The molecule has 8 heteroatoms. The molecule has 2 amide bonds. The Kier molecular flexibility index (Phi) is 7.47. The minimum absolute atomic E-state index is 0.113. The van der Waals surface area contributed by atoms with Crippen LogP contribution in [0, 0.1) is 5.92 Å². The third-order valence-corrected chi connectivity index (χ3v) is 4.19. The Morgan fingerprint density at radius 2 is 2.00 bits per heavy atom. The number of likely N-dealkylation sites (tertiary alicyclic amines) is 1. The van der Waals surface area contributed by atoms with Gasteiger partial charge in [-0.05, 0) is 33.6 Å². The molecule has 1 aliphatic rings. The Morgan fingerprint density at radius 3 is 2.54 bits per heavy atom. The Bertz CT molecular complexity index is 542. The number of ether oxygens (including phenoxy) is 3. The zero-order valence-corrected chi connectivity index (χ0v) is 16.3. The number of esters is 1. The van der Waals surface area contributed by atoms with Gasteiger partial charge < -0.3 is 24.4 Å². The van der Waals surface area contributed by atoms with Crippen molar-refractivity contribution in [1.29, 1.82) is 0 Å². The number of hydrogen-bond acceptors (Lipinski definition) is 6. The van der Waals surface area contributed by atoms with Crippen molar-refractivity contribution in [2.75, 3.05) is 26.8 Å². The molecule has 1 aliphatic heterocycles. The molecule has 0 bridgehead atoms. The predicted octanol–water partition coefficient (Wildman–Crippen LogP) is 2.48. The Hall–Kier alpha value is -2.25. The van der Waals surface area contributed by atoms with Gasteiger partial charge in [0, 0.05) is 19.0 Å². The number of methoxy groups -OCH3 is 1. The van der Waals surface area contributed by atoms with Crippen LogP contribution in [-0.2, 0) is 19.0 Å². The third-order valence-electron chi connectivity index (χ3n) is 4.19. The van der Waals surface area contributed by atoms with E-state index in [0.717, 1.165) is 0 Å². The van der Waals surface area contributed by atoms with E-state index in [1.807, 2.05) is 0 Å². The topological polar surface area (TPSA) is 94.2 Å². The summed E-state index contributed by atoms with van der Waals surface area (Å²) < 4.78 is 15.3. The highest BCUT2D eigenvalue weighted by atomic mass is 16.6. The summed E-state index contributed by atoms with van der Waals surface area (Å²) in [5, 5.41) is 2.70. The molecule has 2 atom stereocenters. The highest BCUT2D eigenvalue weighted by Crippen LogP contribution is 2.30. The van der Waals surface area contributed by atoms with Crippen LogP contribution in [0.2, 0.25) is 0 Å². The second-order valence-corrected chi connectivity index (χ2v) is 7.41. The summed E-state index contributed by atoms with van der Waals surface area (Å²) in [6.07, 6.45) is 1.14. The lowest BCUT2D eigenvalue weighted by molar-refractivity contribution is -0.151. The van der Waals surface area contributed by atoms with Crippen LogP contribution in [0.1, 0.15) is 40.5 Å². The lowest BCUT2D eigenvalue weighted by atomic mass is 9.82. The van der Waals surface area contributed by atoms with Crippen molar-refractivity contribution in [2.24, 2.45) is 5.92 Å². The largest absolute Gasteiger partial charge is 0.467 e. The molecular formula is C18H30N2O6. The van der Waals surface area contributed by atoms with Gasteiger partial charge in [-0.25, -0.2) is 14.4 Å². The van der Waals surface area contributed by atoms with Gasteiger partial charge in [0.2, 0.25) is 0 Å². The van der Waals surface area contributed by atoms with Crippen LogP contribution < -0.4 is 5.32 Å². The van der Waals surface area contributed by atoms with Gasteiger partial charge in [-0.2, -0.15) is 0 Å². The Labute approximate surface area is 154 Å². The number of hydrogen-bond donors (Lipinski definition) is 1. The highest BCUT2D eigenvalue weighted by molar-refractivity contribution is 5.86. The van der Waals surface area contributed by atoms with E-state index in [1.165, 1.54) is 18.1 Å². The van der Waals surface area contributed by atoms with Crippen molar-refractivity contribution in [1.82, 2.24) is 10.2 Å². The zero-order chi connectivity index (χ0) is 20.0. The Balaban J connectivity index is 3.00. The Morgan fingerprint density at radius 1 is 1.35 bits per heavy atom. The lowest BCUT2D eigenvalue weighted by Crippen LogP contribution is -2.61. The molecule has 148 valence electrons. The standard InChI is InChI=1S/C18H30N2O6/c1-7-11-25-16(23)20-10-8-9-18(13(2)12-20,14(21)24-6)19-15(22)26-17(3,4)5/h7,13H,1,8-12H2,2-6H3,(H,19,22)/t13-,18+/m1/s1. The van der Waals surface area contributed by atoms with Crippen molar-refractivity contribution in [3.63, 3.8) is 0 Å². The molecule has 1 N–H and O–H groups in total. The summed E-state index contributed by atoms with van der Waals surface area (Å²) in [5.74, 6) is -0.960. The van der Waals surface area contributed by atoms with E-state index in [0.29, 0.717) is 19.4 Å². The van der Waals surface area contributed by atoms with E-state index in [9.17, 15) is 14.4 Å². The zero-order valence-electron chi connectivity index (χ0n) is 16.3. The molecular weight excluding hydrogens is 340 g/mol. The fourth-order valence-corrected chi connectivity index (χ4v) is 2.97. The van der Waals surface area contributed by atoms with Crippen LogP contribution in [-0.4, -0.2) is 61.0 Å². The number of amides is 2. The van der Waals surface area contributed by atoms with Crippen molar-refractivity contribution in [3.05, 3.63) is 12.7 Å². The van der Waals surface area contributed by atoms with Gasteiger partial charge in [-0.1, -0.05) is 19.6 Å². The van der Waals surface area contributed by atoms with Crippen molar-refractivity contribution in [2.45, 2.75) is 51.7 Å². The molecule has 0 aromatic heterocycles. The van der Waals surface area contributed by atoms with Crippen LogP contribution in [0.25, 0.3) is 0 Å². The second-order valence-electron chi connectivity index (χ2n) is 7.41. The molecule has 26 heavy (non-hydrogen) atoms. The van der Waals surface area contributed by atoms with Crippen LogP contribution in [0.4, 0.5) is 9.59 Å². The number of alkyl carbamates (subject to hydrolysis) is 1. The molecule has 8 nitrogen and oxygen atoms in total. The number of carbonyl (C=O) groups excluding carboxylic acids is 3. The number of nitrogens with zero attached hydrogens (tertiary/aromatic N) is 1. The summed E-state index contributed by atoms with van der Waals surface area (Å²) in [6.45, 7) is 11.3. The van der Waals surface area contributed by atoms with Gasteiger partial charge in [0.15, 0.2) is 0 Å². The number of nitrogens with one attached hydrogen (secondary N) is 1. The highest BCUT2D eigenvalue weighted by Gasteiger charge is 2.49. The molecule has 0 unspecified atom stereocenters. The molecule has 0 aromatic carbocycles. The molecule has 0 saturated carbocycles. The average Bonchev–Trinajstić information content (AvgIpc) is 2.70. The first kappa shape index (κ1) is 21.8. The summed E-state index contributed by atoms with van der Waals surface area (Å²) in [6, 6.07) is 0. The first-order chi connectivity index (χ1) is 12.1. The van der Waals surface area contributed by atoms with Crippen LogP contribution in [0.15, 0.2) is 12.7 Å². The van der Waals surface area contributed by atoms with Crippen LogP contribution >= 0.6 is 0 Å². The van der Waals surface area contributed by atoms with Crippen molar-refractivity contribution < 1.29 is 28.6 Å². The van der Waals surface area contributed by atoms with Gasteiger partial charge in [0.1, 0.15) is 17.7 Å². The normalized spacial score (nSPS) is 23.4. The number of carbonyl (C=O) groups is 3. The molecule has 1 heterocycles. The van der Waals surface area contributed by atoms with Crippen LogP contribution in [0.3, 0.4) is 0 Å². The maximum absolute atomic E-state index is 12.6. The van der Waals surface area contributed by atoms with Gasteiger partial charge in [0.05, 0.1) is 7.11 Å². The first-order valence-electron chi connectivity index (χ1n) is 8.68. The maximum atomic E-state index is 12.6. The van der Waals surface area contributed by atoms with Crippen molar-refractivity contribution in [3.8, 4) is 0 Å². The van der Waals surface area contributed by atoms with Gasteiger partial charge >= 0.3 is 18.2 Å². The molecule has 0 aromatic rings. The van der Waals surface area contributed by atoms with E-state index < -0.39 is 35.2 Å². The summed E-state index contributed by atoms with van der Waals surface area (Å²) in [4.78, 5) is 38.5. The van der Waals surface area contributed by atoms with E-state index in [1.54, 1.807) is 27.7 Å². The second kappa shape index (κ2) is 8.91. The summed E-state index contributed by atoms with van der Waals surface area (Å²) >= 11 is 0. The quantitative estimate of drug-likeness (QED) is 0.464. The van der Waals surface area contributed by atoms with Gasteiger partial charge in [0.25, 0.3) is 0 Å². The SMILES string of the molecule is C=CCOC(=O)N1CCC[C@@](NC(=O)OC(C)(C)C)(C(=O)OC)[C@H](C)C1. The number of rotatable bonds is 4. The molecule has 1 fully saturated rings. The summed E-state index contributed by atoms with van der Waals surface area (Å²) in [7, 11) is 1.27. The van der Waals surface area contributed by atoms with Crippen LogP contribution in [0.5, 0.6) is 0 Å². The lowest BCUT2D eigenvalue weighted by Gasteiger charge is -2.36. The predicted molar refractivity (Wildman–Crippen MR) is 95.6 cm³/mol. The minimum Gasteiger partial charge on any atom is -0.467 e. The van der Waals surface area contributed by atoms with E-state index in [-0.39, 0.29) is 13.2 Å². The summed E-state index contributed by atoms with van der Waals surface area (Å²) in [5.41, 5.74) is -1.97. The molecule has 1 saturated heterocycles. The molecule has 1 rings (SSSR count). The molecule has 0 radical (unpaired) electrons. The maximum Gasteiger partial charge on any atom is 0.410 e. The minimum atomic E-state index is -1.27. The van der Waals surface area contributed by atoms with Gasteiger partial charge in [-0.3, -0.25) is 0 Å². The van der Waals surface area contributed by atoms with E-state index in [2.05, 4.69) is 11.9 Å². The fourth-order valence-electron chi connectivity index (χ4n) is 2.97. The average molecular weight is 370 g/mol. The molecule has 0 spiro atoms. The van der Waals surface area contributed by atoms with E-state index in [4.69, 9.17) is 14.2 Å². The third kappa shape index (κ3) is 5.64. The van der Waals surface area contributed by atoms with Crippen molar-refractivity contribution >= 4 is 18.2 Å². The monoisotopic (exact) mass is 370 g/mol. The smallest absolute Gasteiger partial charge is 0.410 e. The molecule has 0 aliphatic carbocycles. The fraction of sp³-hybridized carbons (Fsp3) is 0.722.